The van der Waals surface area contributed by atoms with Crippen LogP contribution in [0.5, 0.6) is 34.5 Å². The maximum absolute atomic E-state index is 7.00. The fourth-order valence-electron chi connectivity index (χ4n) is 9.18. The Hall–Kier alpha value is -3.25. The average molecular weight is 963 g/mol. The fourth-order valence-corrected chi connectivity index (χ4v) is 9.18. The van der Waals surface area contributed by atoms with Crippen LogP contribution in [0.25, 0.3) is 0 Å². The van der Waals surface area contributed by atoms with Crippen LogP contribution in [0.4, 0.5) is 0 Å². The maximum atomic E-state index is 7.00. The van der Waals surface area contributed by atoms with E-state index in [4.69, 9.17) is 42.6 Å². The molecule has 9 nitrogen and oxygen atoms in total. The Morgan fingerprint density at radius 3 is 0.859 bits per heavy atom. The van der Waals surface area contributed by atoms with Crippen LogP contribution < -0.4 is 66.1 Å². The van der Waals surface area contributed by atoms with Gasteiger partial charge in [-0.25, -0.2) is 0 Å². The van der Waals surface area contributed by atoms with Crippen molar-refractivity contribution in [2.24, 2.45) is 0 Å². The Balaban J connectivity index is 0.00000548. The van der Waals surface area contributed by atoms with Crippen LogP contribution in [0.2, 0.25) is 0 Å². The standard InChI is InChI=1S/C60H84O9.2Li/c1-5-9-13-17-27-66-57-47-23-21-24-48(57)40-52-44-56-46-54(60(52)69-30-20-16-12-8-4)42-50-26-22-25-49(58(50)67-28-18-14-10-6-2)41-53-45-55(43-51(39-47)59(53)68-29-19-15-11-7-3)64-37-35-62-33-31-61-32-34-63-36-38-65-56;;/h23-26,43-46H,5-20,27-42H2,1-4H3;;/q-2;2*+1. The predicted molar refractivity (Wildman–Crippen MR) is 277 cm³/mol. The minimum Gasteiger partial charge on any atom is -0.518 e. The van der Waals surface area contributed by atoms with Crippen molar-refractivity contribution in [2.75, 3.05) is 79.3 Å². The molecule has 6 rings (SSSR count). The van der Waals surface area contributed by atoms with Crippen molar-refractivity contribution >= 4 is 0 Å². The van der Waals surface area contributed by atoms with Crippen LogP contribution in [0.15, 0.2) is 48.5 Å². The van der Waals surface area contributed by atoms with Crippen LogP contribution in [0.1, 0.15) is 175 Å². The van der Waals surface area contributed by atoms with E-state index in [-0.39, 0.29) is 37.7 Å². The number of hydrogen-bond donors (Lipinski definition) is 0. The van der Waals surface area contributed by atoms with Gasteiger partial charge >= 0.3 is 37.7 Å². The van der Waals surface area contributed by atoms with Crippen LogP contribution in [0, 0.1) is 12.1 Å². The van der Waals surface area contributed by atoms with Crippen molar-refractivity contribution in [2.45, 2.75) is 156 Å². The number of ether oxygens (including phenoxy) is 9. The van der Waals surface area contributed by atoms with Crippen molar-refractivity contribution in [3.8, 4) is 34.5 Å². The molecule has 1 heterocycles. The number of benzene rings is 4. The third-order valence-electron chi connectivity index (χ3n) is 12.9. The molecular formula is C60H84Li2O9. The summed E-state index contributed by atoms with van der Waals surface area (Å²) < 4.78 is 58.9. The Morgan fingerprint density at radius 2 is 0.592 bits per heavy atom. The summed E-state index contributed by atoms with van der Waals surface area (Å²) in [4.78, 5) is 0. The molecule has 380 valence electrons. The molecule has 1 aliphatic carbocycles. The molecule has 0 saturated heterocycles. The van der Waals surface area contributed by atoms with Gasteiger partial charge in [-0.1, -0.05) is 105 Å². The van der Waals surface area contributed by atoms with Gasteiger partial charge in [0.15, 0.2) is 0 Å². The molecule has 71 heavy (non-hydrogen) atoms. The maximum Gasteiger partial charge on any atom is 1.00 e. The average Bonchev–Trinajstić information content (AvgIpc) is 3.34. The first-order chi connectivity index (χ1) is 34.1. The van der Waals surface area contributed by atoms with Gasteiger partial charge in [0.25, 0.3) is 0 Å². The second-order valence-electron chi connectivity index (χ2n) is 18.7. The molecule has 0 radical (unpaired) electrons. The second-order valence-corrected chi connectivity index (χ2v) is 18.7. The van der Waals surface area contributed by atoms with Gasteiger partial charge in [-0.2, -0.15) is 36.4 Å². The third-order valence-corrected chi connectivity index (χ3v) is 12.9. The van der Waals surface area contributed by atoms with Crippen molar-refractivity contribution in [1.29, 1.82) is 0 Å². The van der Waals surface area contributed by atoms with Gasteiger partial charge in [0.2, 0.25) is 0 Å². The van der Waals surface area contributed by atoms with Gasteiger partial charge < -0.3 is 42.6 Å². The van der Waals surface area contributed by atoms with E-state index in [0.29, 0.717) is 105 Å². The predicted octanol–water partition coefficient (Wildman–Crippen LogP) is 7.63. The number of hydrogen-bond acceptors (Lipinski definition) is 9. The monoisotopic (exact) mass is 963 g/mol. The van der Waals surface area contributed by atoms with Crippen LogP contribution in [-0.2, 0) is 39.9 Å². The quantitative estimate of drug-likeness (QED) is 0.0353. The fraction of sp³-hybridized carbons (Fsp3) is 0.600. The van der Waals surface area contributed by atoms with Crippen molar-refractivity contribution < 1.29 is 80.4 Å². The molecule has 0 saturated carbocycles. The first kappa shape index (κ1) is 60.3. The zero-order valence-corrected chi connectivity index (χ0v) is 44.9. The number of unbranched alkanes of at least 4 members (excludes halogenated alkanes) is 12. The van der Waals surface area contributed by atoms with E-state index in [1.165, 1.54) is 51.4 Å². The van der Waals surface area contributed by atoms with E-state index in [1.807, 2.05) is 0 Å². The molecule has 0 N–H and O–H groups in total. The second kappa shape index (κ2) is 35.8. The van der Waals surface area contributed by atoms with Crippen molar-refractivity contribution in [3.05, 3.63) is 105 Å². The van der Waals surface area contributed by atoms with Crippen LogP contribution >= 0.6 is 0 Å². The van der Waals surface area contributed by atoms with Crippen molar-refractivity contribution in [1.82, 2.24) is 0 Å². The van der Waals surface area contributed by atoms with Gasteiger partial charge in [0.05, 0.1) is 66.1 Å². The normalized spacial score (nSPS) is 14.2. The van der Waals surface area contributed by atoms with E-state index in [2.05, 4.69) is 88.4 Å². The minimum absolute atomic E-state index is 0. The van der Waals surface area contributed by atoms with E-state index in [9.17, 15) is 0 Å². The van der Waals surface area contributed by atoms with Gasteiger partial charge in [-0.3, -0.25) is 0 Å². The Morgan fingerprint density at radius 1 is 0.338 bits per heavy atom. The SMILES string of the molecule is CCCCCCOc1c2c[c-]cc1Cc1cc3cc(c1OCCCCCC)Cc1c[c-]cc(c1OCCCCCC)Cc1cc(cc(c1OCCCCCC)C2)OCCOCCOCCOCCO3.[Li+].[Li+]. The molecular weight excluding hydrogens is 879 g/mol. The Kier molecular flexibility index (Phi) is 30.4. The minimum atomic E-state index is 0. The number of rotatable bonds is 24. The molecule has 11 heteroatoms. The zero-order valence-electron chi connectivity index (χ0n) is 44.9. The van der Waals surface area contributed by atoms with Gasteiger partial charge in [-0.15, -0.1) is 22.3 Å². The first-order valence-electron chi connectivity index (χ1n) is 27.0. The van der Waals surface area contributed by atoms with E-state index in [0.717, 1.165) is 130 Å². The summed E-state index contributed by atoms with van der Waals surface area (Å²) in [5.74, 6) is 5.15. The first-order valence-corrected chi connectivity index (χ1v) is 27.0. The molecule has 1 aliphatic heterocycles. The van der Waals surface area contributed by atoms with E-state index < -0.39 is 0 Å². The summed E-state index contributed by atoms with van der Waals surface area (Å²) in [7, 11) is 0. The summed E-state index contributed by atoms with van der Waals surface area (Å²) in [6.07, 6.45) is 20.1. The molecule has 0 unspecified atom stereocenters. The summed E-state index contributed by atoms with van der Waals surface area (Å²) >= 11 is 0. The largest absolute Gasteiger partial charge is 1.00 e. The molecule has 4 aromatic rings. The summed E-state index contributed by atoms with van der Waals surface area (Å²) in [5, 5.41) is 0. The molecule has 0 atom stereocenters. The molecule has 0 aromatic heterocycles. The Labute approximate surface area is 452 Å². The van der Waals surface area contributed by atoms with E-state index in [1.54, 1.807) is 0 Å². The van der Waals surface area contributed by atoms with Gasteiger partial charge in [0, 0.05) is 11.5 Å². The van der Waals surface area contributed by atoms with E-state index >= 15 is 0 Å². The van der Waals surface area contributed by atoms with Crippen LogP contribution in [-0.4, -0.2) is 79.3 Å². The zero-order chi connectivity index (χ0) is 48.1. The number of fused-ring (bicyclic) bond motifs is 6. The van der Waals surface area contributed by atoms with Gasteiger partial charge in [0.1, 0.15) is 36.2 Å². The van der Waals surface area contributed by atoms with Crippen molar-refractivity contribution in [3.63, 3.8) is 0 Å². The summed E-state index contributed by atoms with van der Waals surface area (Å²) in [5.41, 5.74) is 8.44. The summed E-state index contributed by atoms with van der Waals surface area (Å²) in [6.45, 7) is 15.1. The molecule has 2 aliphatic rings. The molecule has 0 amide bonds. The van der Waals surface area contributed by atoms with Gasteiger partial charge in [-0.05, 0) is 97.9 Å². The van der Waals surface area contributed by atoms with Crippen LogP contribution in [0.3, 0.4) is 0 Å². The topological polar surface area (TPSA) is 83.1 Å². The summed E-state index contributed by atoms with van der Waals surface area (Å²) in [6, 6.07) is 24.2. The molecule has 0 spiro atoms. The molecule has 10 bridgehead atoms. The molecule has 4 aromatic carbocycles. The smallest absolute Gasteiger partial charge is 0.518 e. The molecule has 0 fully saturated rings. The Bertz CT molecular complexity index is 1840. The third kappa shape index (κ3) is 20.5.